The monoisotopic (exact) mass is 298 g/mol. The van der Waals surface area contributed by atoms with E-state index in [4.69, 9.17) is 10.5 Å². The lowest BCUT2D eigenvalue weighted by atomic mass is 10.1. The smallest absolute Gasteiger partial charge is 0.416 e. The van der Waals surface area contributed by atoms with E-state index in [-0.39, 0.29) is 23.1 Å². The summed E-state index contributed by atoms with van der Waals surface area (Å²) in [4.78, 5) is 7.71. The Labute approximate surface area is 119 Å². The lowest BCUT2D eigenvalue weighted by molar-refractivity contribution is -0.137. The molecule has 1 heterocycles. The highest BCUT2D eigenvalue weighted by molar-refractivity contribution is 5.73. The zero-order valence-electron chi connectivity index (χ0n) is 11.3. The number of ether oxygens (including phenoxy) is 1. The van der Waals surface area contributed by atoms with Gasteiger partial charge in [-0.3, -0.25) is 0 Å². The Morgan fingerprint density at radius 1 is 1.24 bits per heavy atom. The third-order valence-corrected chi connectivity index (χ3v) is 2.86. The van der Waals surface area contributed by atoms with E-state index in [0.717, 1.165) is 12.1 Å². The molecular weight excluding hydrogens is 285 g/mol. The molecule has 21 heavy (non-hydrogen) atoms. The van der Waals surface area contributed by atoms with Gasteiger partial charge >= 0.3 is 6.18 Å². The molecule has 2 aromatic rings. The van der Waals surface area contributed by atoms with Crippen LogP contribution in [0.25, 0.3) is 0 Å². The van der Waals surface area contributed by atoms with Crippen molar-refractivity contribution in [2.45, 2.75) is 13.1 Å². The molecule has 0 unspecified atom stereocenters. The van der Waals surface area contributed by atoms with Crippen molar-refractivity contribution in [2.24, 2.45) is 0 Å². The van der Waals surface area contributed by atoms with Crippen LogP contribution >= 0.6 is 0 Å². The van der Waals surface area contributed by atoms with E-state index in [1.54, 1.807) is 6.92 Å². The summed E-state index contributed by atoms with van der Waals surface area (Å²) in [7, 11) is 1.39. The van der Waals surface area contributed by atoms with Crippen LogP contribution < -0.4 is 15.8 Å². The summed E-state index contributed by atoms with van der Waals surface area (Å²) in [6, 6.07) is 3.40. The van der Waals surface area contributed by atoms with Gasteiger partial charge in [0, 0.05) is 5.69 Å². The molecule has 1 aromatic heterocycles. The van der Waals surface area contributed by atoms with Gasteiger partial charge in [0.05, 0.1) is 12.7 Å². The molecule has 8 heteroatoms. The number of alkyl halides is 3. The number of nitrogens with one attached hydrogen (secondary N) is 1. The summed E-state index contributed by atoms with van der Waals surface area (Å²) in [5, 5.41) is 2.77. The predicted octanol–water partition coefficient (Wildman–Crippen LogP) is 3.14. The van der Waals surface area contributed by atoms with Crippen molar-refractivity contribution in [3.8, 4) is 5.88 Å². The van der Waals surface area contributed by atoms with Crippen LogP contribution in [0, 0.1) is 6.92 Å². The fourth-order valence-corrected chi connectivity index (χ4v) is 1.70. The van der Waals surface area contributed by atoms with E-state index in [0.29, 0.717) is 5.56 Å². The maximum atomic E-state index is 12.7. The van der Waals surface area contributed by atoms with E-state index in [9.17, 15) is 13.2 Å². The first-order valence-corrected chi connectivity index (χ1v) is 5.92. The van der Waals surface area contributed by atoms with Crippen LogP contribution in [0.3, 0.4) is 0 Å². The number of nitrogens with zero attached hydrogens (tertiary/aromatic N) is 2. The zero-order chi connectivity index (χ0) is 15.6. The zero-order valence-corrected chi connectivity index (χ0v) is 11.3. The first-order chi connectivity index (χ1) is 9.82. The highest BCUT2D eigenvalue weighted by atomic mass is 19.4. The SMILES string of the molecule is COc1ncnc(Nc2cc(C(F)(F)F)ccc2C)c1N. The molecule has 0 fully saturated rings. The third-order valence-electron chi connectivity index (χ3n) is 2.86. The van der Waals surface area contributed by atoms with Crippen LogP contribution in [0.15, 0.2) is 24.5 Å². The molecule has 0 aliphatic heterocycles. The molecular formula is C13H13F3N4O. The van der Waals surface area contributed by atoms with Crippen molar-refractivity contribution < 1.29 is 17.9 Å². The largest absolute Gasteiger partial charge is 0.479 e. The highest BCUT2D eigenvalue weighted by Crippen LogP contribution is 2.34. The second kappa shape index (κ2) is 5.47. The number of hydrogen-bond acceptors (Lipinski definition) is 5. The van der Waals surface area contributed by atoms with Crippen molar-refractivity contribution in [2.75, 3.05) is 18.2 Å². The molecule has 0 atom stereocenters. The van der Waals surface area contributed by atoms with E-state index in [1.165, 1.54) is 19.5 Å². The first-order valence-electron chi connectivity index (χ1n) is 5.92. The van der Waals surface area contributed by atoms with E-state index in [1.807, 2.05) is 0 Å². The lowest BCUT2D eigenvalue weighted by Gasteiger charge is -2.14. The van der Waals surface area contributed by atoms with Crippen LogP contribution in [0.4, 0.5) is 30.4 Å². The Bertz CT molecular complexity index is 658. The van der Waals surface area contributed by atoms with Crippen LogP contribution in [0.2, 0.25) is 0 Å². The summed E-state index contributed by atoms with van der Waals surface area (Å²) < 4.78 is 43.2. The molecule has 0 aliphatic carbocycles. The number of benzene rings is 1. The lowest BCUT2D eigenvalue weighted by Crippen LogP contribution is -2.07. The van der Waals surface area contributed by atoms with Gasteiger partial charge in [-0.1, -0.05) is 6.07 Å². The Balaban J connectivity index is 2.40. The predicted molar refractivity (Wildman–Crippen MR) is 72.5 cm³/mol. The minimum absolute atomic E-state index is 0.122. The van der Waals surface area contributed by atoms with Gasteiger partial charge in [-0.25, -0.2) is 4.98 Å². The van der Waals surface area contributed by atoms with E-state index in [2.05, 4.69) is 15.3 Å². The minimum atomic E-state index is -4.42. The third kappa shape index (κ3) is 3.15. The number of methoxy groups -OCH3 is 1. The molecule has 3 N–H and O–H groups in total. The van der Waals surface area contributed by atoms with Gasteiger partial charge < -0.3 is 15.8 Å². The van der Waals surface area contributed by atoms with Crippen molar-refractivity contribution >= 4 is 17.2 Å². The van der Waals surface area contributed by atoms with Gasteiger partial charge in [0.15, 0.2) is 5.82 Å². The Hall–Kier alpha value is -2.51. The molecule has 0 saturated carbocycles. The van der Waals surface area contributed by atoms with Crippen LogP contribution in [-0.4, -0.2) is 17.1 Å². The maximum absolute atomic E-state index is 12.7. The quantitative estimate of drug-likeness (QED) is 0.910. The summed E-state index contributed by atoms with van der Waals surface area (Å²) >= 11 is 0. The fourth-order valence-electron chi connectivity index (χ4n) is 1.70. The van der Waals surface area contributed by atoms with Gasteiger partial charge in [0.2, 0.25) is 5.88 Å². The van der Waals surface area contributed by atoms with Crippen LogP contribution in [0.5, 0.6) is 5.88 Å². The normalized spacial score (nSPS) is 11.3. The Morgan fingerprint density at radius 3 is 2.57 bits per heavy atom. The van der Waals surface area contributed by atoms with Crippen molar-refractivity contribution in [3.63, 3.8) is 0 Å². The highest BCUT2D eigenvalue weighted by Gasteiger charge is 2.30. The number of nitrogen functional groups attached to an aromatic ring is 1. The number of halogens is 3. The van der Waals surface area contributed by atoms with Gasteiger partial charge in [-0.05, 0) is 24.6 Å². The molecule has 0 bridgehead atoms. The van der Waals surface area contributed by atoms with Crippen LogP contribution in [0.1, 0.15) is 11.1 Å². The number of aromatic nitrogens is 2. The molecule has 2 rings (SSSR count). The second-order valence-electron chi connectivity index (χ2n) is 4.30. The number of hydrogen-bond donors (Lipinski definition) is 2. The molecule has 1 aromatic carbocycles. The minimum Gasteiger partial charge on any atom is -0.479 e. The maximum Gasteiger partial charge on any atom is 0.416 e. The van der Waals surface area contributed by atoms with Gasteiger partial charge in [0.25, 0.3) is 0 Å². The topological polar surface area (TPSA) is 73.1 Å². The molecule has 112 valence electrons. The average Bonchev–Trinajstić information content (AvgIpc) is 2.42. The fraction of sp³-hybridized carbons (Fsp3) is 0.231. The molecule has 5 nitrogen and oxygen atoms in total. The van der Waals surface area contributed by atoms with Gasteiger partial charge in [-0.2, -0.15) is 18.2 Å². The summed E-state index contributed by atoms with van der Waals surface area (Å²) in [6.07, 6.45) is -3.21. The average molecular weight is 298 g/mol. The summed E-state index contributed by atoms with van der Waals surface area (Å²) in [6.45, 7) is 1.68. The molecule has 0 spiro atoms. The van der Waals surface area contributed by atoms with Gasteiger partial charge in [0.1, 0.15) is 12.0 Å². The second-order valence-corrected chi connectivity index (χ2v) is 4.30. The number of nitrogens with two attached hydrogens (primary N) is 1. The summed E-state index contributed by atoms with van der Waals surface area (Å²) in [5.74, 6) is 0.335. The molecule has 0 saturated heterocycles. The molecule has 0 amide bonds. The Morgan fingerprint density at radius 2 is 1.95 bits per heavy atom. The summed E-state index contributed by atoms with van der Waals surface area (Å²) in [5.41, 5.74) is 6.03. The van der Waals surface area contributed by atoms with Crippen molar-refractivity contribution in [1.29, 1.82) is 0 Å². The number of aryl methyl sites for hydroxylation is 1. The number of rotatable bonds is 3. The molecule has 0 radical (unpaired) electrons. The van der Waals surface area contributed by atoms with Crippen molar-refractivity contribution in [3.05, 3.63) is 35.7 Å². The van der Waals surface area contributed by atoms with Crippen molar-refractivity contribution in [1.82, 2.24) is 9.97 Å². The number of anilines is 3. The first kappa shape index (κ1) is 14.9. The van der Waals surface area contributed by atoms with E-state index >= 15 is 0 Å². The Kier molecular flexibility index (Phi) is 3.88. The van der Waals surface area contributed by atoms with Crippen LogP contribution in [-0.2, 0) is 6.18 Å². The van der Waals surface area contributed by atoms with E-state index < -0.39 is 11.7 Å². The molecule has 0 aliphatic rings. The van der Waals surface area contributed by atoms with Gasteiger partial charge in [-0.15, -0.1) is 0 Å². The standard InChI is InChI=1S/C13H13F3N4O/c1-7-3-4-8(13(14,15)16)5-9(7)20-11-10(17)12(21-2)19-6-18-11/h3-6H,17H2,1-2H3,(H,18,19,20).